The first-order valence-electron chi connectivity index (χ1n) is 12.7. The van der Waals surface area contributed by atoms with Gasteiger partial charge in [-0.2, -0.15) is 0 Å². The number of nitrogens with one attached hydrogen (secondary N) is 4. The maximum atomic E-state index is 13.5. The number of nitrogens with zero attached hydrogens (tertiary/aromatic N) is 6. The van der Waals surface area contributed by atoms with Crippen LogP contribution >= 0.6 is 11.3 Å². The Kier molecular flexibility index (Phi) is 7.02. The van der Waals surface area contributed by atoms with Crippen LogP contribution in [0, 0.1) is 0 Å². The first kappa shape index (κ1) is 25.7. The summed E-state index contributed by atoms with van der Waals surface area (Å²) in [5.74, 6) is -0.0509. The third kappa shape index (κ3) is 4.61. The average molecular weight is 561 g/mol. The number of carbonyl (C=O) groups is 2. The van der Waals surface area contributed by atoms with Gasteiger partial charge in [0.05, 0.1) is 35.5 Å². The van der Waals surface area contributed by atoms with E-state index >= 15 is 0 Å². The number of benzene rings is 1. The van der Waals surface area contributed by atoms with Crippen molar-refractivity contribution in [3.8, 4) is 17.1 Å². The maximum absolute atomic E-state index is 13.5. The normalized spacial score (nSPS) is 15.3. The van der Waals surface area contributed by atoms with Gasteiger partial charge in [0.25, 0.3) is 11.7 Å². The molecule has 6 rings (SSSR count). The molecule has 14 heteroatoms. The van der Waals surface area contributed by atoms with Crippen LogP contribution in [0.3, 0.4) is 0 Å². The van der Waals surface area contributed by atoms with E-state index < -0.39 is 11.7 Å². The number of ether oxygens (including phenoxy) is 1. The molecule has 13 nitrogen and oxygen atoms in total. The molecular formula is C26H28N10O3S. The van der Waals surface area contributed by atoms with Crippen molar-refractivity contribution in [2.24, 2.45) is 5.10 Å². The number of aromatic amines is 1. The molecule has 0 spiro atoms. The summed E-state index contributed by atoms with van der Waals surface area (Å²) < 4.78 is 5.53. The Bertz CT molecular complexity index is 1580. The summed E-state index contributed by atoms with van der Waals surface area (Å²) in [6, 6.07) is 9.80. The number of aromatic nitrogens is 3. The van der Waals surface area contributed by atoms with Crippen molar-refractivity contribution in [1.82, 2.24) is 41.1 Å². The topological polar surface area (TPSA) is 143 Å². The molecule has 4 N–H and O–H groups in total. The zero-order valence-corrected chi connectivity index (χ0v) is 22.8. The van der Waals surface area contributed by atoms with Gasteiger partial charge in [0.1, 0.15) is 22.1 Å². The molecule has 0 radical (unpaired) electrons. The molecule has 2 aliphatic rings. The van der Waals surface area contributed by atoms with Crippen molar-refractivity contribution in [2.45, 2.75) is 6.54 Å². The summed E-state index contributed by atoms with van der Waals surface area (Å²) in [6.45, 7) is 2.45. The van der Waals surface area contributed by atoms with Crippen LogP contribution in [0.5, 0.6) is 5.75 Å². The standard InChI is InChI=1S/C26H28N10O3S/c1-27-14-20-30-18(15-40-20)22-23-21(19(39-2)13-29-22)17(12-28-23)24(37)25(38)34-8-10-35(11-9-34)26-31-32-33-36(26)16-6-4-3-5-7-16/h3-7,12-13,15,27-28,32-33H,8-11,14H2,1-2H3. The SMILES string of the molecule is CNCc1nc(-c2ncc(OC)c3c(C(=O)C(=O)N4CCN(C5=NNNN5c5ccccc5)CC4)c[nH]c23)cs1. The van der Waals surface area contributed by atoms with E-state index in [0.717, 1.165) is 10.7 Å². The summed E-state index contributed by atoms with van der Waals surface area (Å²) in [5, 5.41) is 12.7. The molecule has 4 aromatic rings. The number of hydrazone groups is 1. The lowest BCUT2D eigenvalue weighted by atomic mass is 10.1. The molecule has 5 heterocycles. The van der Waals surface area contributed by atoms with E-state index in [1.165, 1.54) is 18.4 Å². The first-order valence-corrected chi connectivity index (χ1v) is 13.6. The highest BCUT2D eigenvalue weighted by molar-refractivity contribution is 7.09. The summed E-state index contributed by atoms with van der Waals surface area (Å²) >= 11 is 1.52. The van der Waals surface area contributed by atoms with Crippen LogP contribution in [0.2, 0.25) is 0 Å². The number of hydrogen-bond donors (Lipinski definition) is 4. The van der Waals surface area contributed by atoms with Crippen LogP contribution in [0.25, 0.3) is 22.3 Å². The molecule has 0 saturated carbocycles. The van der Waals surface area contributed by atoms with Crippen molar-refractivity contribution in [3.05, 3.63) is 58.7 Å². The number of hydrazine groups is 2. The molecule has 206 valence electrons. The van der Waals surface area contributed by atoms with E-state index in [0.29, 0.717) is 66.7 Å². The number of ketones is 1. The second-order valence-electron chi connectivity index (χ2n) is 9.20. The van der Waals surface area contributed by atoms with Crippen LogP contribution in [-0.2, 0) is 11.3 Å². The lowest BCUT2D eigenvalue weighted by Crippen LogP contribution is -2.56. The van der Waals surface area contributed by atoms with Crippen molar-refractivity contribution in [1.29, 1.82) is 0 Å². The fourth-order valence-corrected chi connectivity index (χ4v) is 5.65. The predicted molar refractivity (Wildman–Crippen MR) is 152 cm³/mol. The van der Waals surface area contributed by atoms with Crippen LogP contribution in [0.1, 0.15) is 15.4 Å². The van der Waals surface area contributed by atoms with Gasteiger partial charge in [-0.3, -0.25) is 9.59 Å². The monoisotopic (exact) mass is 560 g/mol. The summed E-state index contributed by atoms with van der Waals surface area (Å²) in [6.07, 6.45) is 3.11. The molecule has 2 aliphatic heterocycles. The lowest BCUT2D eigenvalue weighted by Gasteiger charge is -2.37. The number of amides is 1. The third-order valence-electron chi connectivity index (χ3n) is 6.84. The second kappa shape index (κ2) is 10.9. The minimum absolute atomic E-state index is 0.248. The Morgan fingerprint density at radius 2 is 1.95 bits per heavy atom. The first-order chi connectivity index (χ1) is 19.6. The van der Waals surface area contributed by atoms with E-state index in [9.17, 15) is 9.59 Å². The minimum atomic E-state index is -0.600. The number of thiazole rings is 1. The number of piperazine rings is 1. The number of Topliss-reactive ketones (excluding diaryl/α,β-unsaturated/α-hetero) is 1. The molecule has 40 heavy (non-hydrogen) atoms. The molecule has 1 aromatic carbocycles. The van der Waals surface area contributed by atoms with Crippen molar-refractivity contribution in [3.63, 3.8) is 0 Å². The summed E-state index contributed by atoms with van der Waals surface area (Å²) in [4.78, 5) is 42.9. The van der Waals surface area contributed by atoms with Crippen LogP contribution in [0.4, 0.5) is 5.69 Å². The van der Waals surface area contributed by atoms with Crippen molar-refractivity contribution >= 4 is 45.6 Å². The molecule has 1 fully saturated rings. The number of rotatable bonds is 7. The van der Waals surface area contributed by atoms with Crippen LogP contribution in [-0.4, -0.2) is 82.7 Å². The molecule has 0 unspecified atom stereocenters. The maximum Gasteiger partial charge on any atom is 0.295 e. The Morgan fingerprint density at radius 3 is 2.70 bits per heavy atom. The Balaban J connectivity index is 1.20. The molecule has 1 saturated heterocycles. The lowest BCUT2D eigenvalue weighted by molar-refractivity contribution is -0.127. The van der Waals surface area contributed by atoms with Gasteiger partial charge >= 0.3 is 0 Å². The van der Waals surface area contributed by atoms with E-state index in [2.05, 4.69) is 41.3 Å². The van der Waals surface area contributed by atoms with Crippen molar-refractivity contribution in [2.75, 3.05) is 45.3 Å². The quantitative estimate of drug-likeness (QED) is 0.194. The highest BCUT2D eigenvalue weighted by Gasteiger charge is 2.33. The smallest absolute Gasteiger partial charge is 0.295 e. The number of H-pyrrole nitrogens is 1. The molecule has 1 amide bonds. The predicted octanol–water partition coefficient (Wildman–Crippen LogP) is 1.54. The molecular weight excluding hydrogens is 532 g/mol. The number of para-hydroxylation sites is 1. The number of carbonyl (C=O) groups excluding carboxylic acids is 2. The number of hydrogen-bond acceptors (Lipinski definition) is 12. The van der Waals surface area contributed by atoms with Gasteiger partial charge in [0, 0.05) is 44.3 Å². The highest BCUT2D eigenvalue weighted by Crippen LogP contribution is 2.35. The van der Waals surface area contributed by atoms with Crippen LogP contribution in [0.15, 0.2) is 53.2 Å². The summed E-state index contributed by atoms with van der Waals surface area (Å²) in [7, 11) is 3.38. The summed E-state index contributed by atoms with van der Waals surface area (Å²) in [5.41, 5.74) is 8.88. The molecule has 0 aliphatic carbocycles. The van der Waals surface area contributed by atoms with Gasteiger partial charge in [-0.15, -0.1) is 22.0 Å². The van der Waals surface area contributed by atoms with E-state index in [1.807, 2.05) is 47.8 Å². The van der Waals surface area contributed by atoms with Gasteiger partial charge in [-0.25, -0.2) is 20.5 Å². The second-order valence-corrected chi connectivity index (χ2v) is 10.1. The Hall–Kier alpha value is -4.53. The van der Waals surface area contributed by atoms with Gasteiger partial charge in [-0.05, 0) is 19.2 Å². The third-order valence-corrected chi connectivity index (χ3v) is 7.69. The number of guanidine groups is 1. The highest BCUT2D eigenvalue weighted by atomic mass is 32.1. The van der Waals surface area contributed by atoms with Crippen molar-refractivity contribution < 1.29 is 14.3 Å². The Morgan fingerprint density at radius 1 is 1.15 bits per heavy atom. The zero-order valence-electron chi connectivity index (χ0n) is 22.0. The van der Waals surface area contributed by atoms with E-state index in [1.54, 1.807) is 17.3 Å². The fraction of sp³-hybridized carbons (Fsp3) is 0.269. The number of methoxy groups -OCH3 is 1. The average Bonchev–Trinajstić information content (AvgIpc) is 3.77. The molecule has 0 atom stereocenters. The Labute approximate surface area is 233 Å². The van der Waals surface area contributed by atoms with Gasteiger partial charge < -0.3 is 24.8 Å². The fourth-order valence-electron chi connectivity index (χ4n) is 4.86. The molecule has 0 bridgehead atoms. The van der Waals surface area contributed by atoms with Gasteiger partial charge in [-0.1, -0.05) is 18.2 Å². The van der Waals surface area contributed by atoms with Gasteiger partial charge in [0.2, 0.25) is 5.96 Å². The van der Waals surface area contributed by atoms with Gasteiger partial charge in [0.15, 0.2) is 0 Å². The van der Waals surface area contributed by atoms with E-state index in [-0.39, 0.29) is 5.56 Å². The number of anilines is 1. The number of pyridine rings is 1. The van der Waals surface area contributed by atoms with E-state index in [4.69, 9.17) is 4.74 Å². The number of fused-ring (bicyclic) bond motifs is 1. The largest absolute Gasteiger partial charge is 0.494 e. The molecule has 3 aromatic heterocycles. The van der Waals surface area contributed by atoms with Crippen LogP contribution < -0.4 is 26.1 Å². The minimum Gasteiger partial charge on any atom is -0.494 e. The zero-order chi connectivity index (χ0) is 27.6.